The molecule has 150 valence electrons. The topological polar surface area (TPSA) is 72.0 Å². The van der Waals surface area contributed by atoms with Crippen LogP contribution in [0.1, 0.15) is 5.56 Å². The van der Waals surface area contributed by atoms with E-state index in [2.05, 4.69) is 14.7 Å². The van der Waals surface area contributed by atoms with Gasteiger partial charge in [0.2, 0.25) is 10.0 Å². The summed E-state index contributed by atoms with van der Waals surface area (Å²) in [4.78, 5) is 8.69. The van der Waals surface area contributed by atoms with E-state index < -0.39 is 10.0 Å². The lowest BCUT2D eigenvalue weighted by Gasteiger charge is -2.11. The highest BCUT2D eigenvalue weighted by atomic mass is 35.5. The van der Waals surface area contributed by atoms with E-state index in [1.807, 2.05) is 36.4 Å². The third kappa shape index (κ3) is 4.57. The van der Waals surface area contributed by atoms with Crippen molar-refractivity contribution >= 4 is 21.6 Å². The molecule has 0 fully saturated rings. The van der Waals surface area contributed by atoms with Crippen molar-refractivity contribution in [2.75, 3.05) is 0 Å². The summed E-state index contributed by atoms with van der Waals surface area (Å²) in [6, 6.07) is 21.5. The van der Waals surface area contributed by atoms with Gasteiger partial charge in [0.05, 0.1) is 10.6 Å². The smallest absolute Gasteiger partial charge is 0.240 e. The number of pyridine rings is 2. The molecule has 2 aromatic heterocycles. The van der Waals surface area contributed by atoms with Crippen LogP contribution in [0.4, 0.5) is 0 Å². The first-order valence-corrected chi connectivity index (χ1v) is 11.1. The molecule has 5 nitrogen and oxygen atoms in total. The van der Waals surface area contributed by atoms with Gasteiger partial charge in [-0.25, -0.2) is 13.1 Å². The highest BCUT2D eigenvalue weighted by molar-refractivity contribution is 7.89. The Bertz CT molecular complexity index is 1260. The Morgan fingerprint density at radius 1 is 0.833 bits per heavy atom. The first-order chi connectivity index (χ1) is 14.5. The Morgan fingerprint density at radius 2 is 1.60 bits per heavy atom. The fourth-order valence-electron chi connectivity index (χ4n) is 3.09. The standard InChI is InChI=1S/C23H18ClN3O2S/c24-21-7-1-4-18(14-21)17-8-10-22(11-9-17)30(28,29)27-16-20-6-3-13-26-23(20)19-5-2-12-25-15-19/h1-15,27H,16H2. The van der Waals surface area contributed by atoms with Crippen LogP contribution >= 0.6 is 11.6 Å². The minimum Gasteiger partial charge on any atom is -0.264 e. The van der Waals surface area contributed by atoms with E-state index in [4.69, 9.17) is 11.6 Å². The van der Waals surface area contributed by atoms with Gasteiger partial charge in [0, 0.05) is 35.7 Å². The number of aromatic nitrogens is 2. The molecule has 0 spiro atoms. The van der Waals surface area contributed by atoms with Crippen LogP contribution in [0.2, 0.25) is 5.02 Å². The minimum atomic E-state index is -3.68. The Labute approximate surface area is 180 Å². The summed E-state index contributed by atoms with van der Waals surface area (Å²) in [6.07, 6.45) is 5.06. The van der Waals surface area contributed by atoms with Gasteiger partial charge in [0.15, 0.2) is 0 Å². The van der Waals surface area contributed by atoms with Gasteiger partial charge in [0.1, 0.15) is 0 Å². The molecule has 30 heavy (non-hydrogen) atoms. The van der Waals surface area contributed by atoms with Crippen molar-refractivity contribution in [2.45, 2.75) is 11.4 Å². The van der Waals surface area contributed by atoms with Crippen LogP contribution in [0.25, 0.3) is 22.4 Å². The third-order valence-corrected chi connectivity index (χ3v) is 6.25. The van der Waals surface area contributed by atoms with Crippen LogP contribution in [0.15, 0.2) is 96.3 Å². The lowest BCUT2D eigenvalue weighted by atomic mass is 10.1. The van der Waals surface area contributed by atoms with Crippen LogP contribution in [0, 0.1) is 0 Å². The van der Waals surface area contributed by atoms with Crippen molar-refractivity contribution < 1.29 is 8.42 Å². The fourth-order valence-corrected chi connectivity index (χ4v) is 4.29. The van der Waals surface area contributed by atoms with Crippen molar-refractivity contribution in [1.29, 1.82) is 0 Å². The maximum absolute atomic E-state index is 12.8. The maximum atomic E-state index is 12.8. The number of rotatable bonds is 6. The molecule has 0 aliphatic heterocycles. The van der Waals surface area contributed by atoms with Crippen molar-refractivity contribution in [3.8, 4) is 22.4 Å². The van der Waals surface area contributed by atoms with Crippen molar-refractivity contribution in [2.24, 2.45) is 0 Å². The van der Waals surface area contributed by atoms with E-state index in [1.54, 1.807) is 55.0 Å². The fraction of sp³-hybridized carbons (Fsp3) is 0.0435. The van der Waals surface area contributed by atoms with Gasteiger partial charge in [-0.2, -0.15) is 0 Å². The largest absolute Gasteiger partial charge is 0.264 e. The number of nitrogens with zero attached hydrogens (tertiary/aromatic N) is 2. The average molecular weight is 436 g/mol. The average Bonchev–Trinajstić information content (AvgIpc) is 2.79. The summed E-state index contributed by atoms with van der Waals surface area (Å²) in [5, 5.41) is 0.631. The van der Waals surface area contributed by atoms with Crippen LogP contribution in [0.5, 0.6) is 0 Å². The molecule has 0 radical (unpaired) electrons. The highest BCUT2D eigenvalue weighted by Crippen LogP contribution is 2.24. The number of sulfonamides is 1. The lowest BCUT2D eigenvalue weighted by molar-refractivity contribution is 0.581. The van der Waals surface area contributed by atoms with Gasteiger partial charge in [-0.05, 0) is 59.2 Å². The SMILES string of the molecule is O=S(=O)(NCc1cccnc1-c1cccnc1)c1ccc(-c2cccc(Cl)c2)cc1. The summed E-state index contributed by atoms with van der Waals surface area (Å²) in [5.74, 6) is 0. The van der Waals surface area contributed by atoms with Crippen LogP contribution < -0.4 is 4.72 Å². The van der Waals surface area contributed by atoms with E-state index in [-0.39, 0.29) is 11.4 Å². The first-order valence-electron chi connectivity index (χ1n) is 9.23. The van der Waals surface area contributed by atoms with Crippen molar-refractivity contribution in [3.63, 3.8) is 0 Å². The molecule has 0 aliphatic rings. The summed E-state index contributed by atoms with van der Waals surface area (Å²) in [5.41, 5.74) is 4.12. The van der Waals surface area contributed by atoms with Gasteiger partial charge in [-0.15, -0.1) is 0 Å². The predicted octanol–water partition coefficient (Wildman–Crippen LogP) is 4.94. The number of hydrogen-bond donors (Lipinski definition) is 1. The Hall–Kier alpha value is -3.06. The number of benzene rings is 2. The molecule has 0 aliphatic carbocycles. The molecule has 1 N–H and O–H groups in total. The molecule has 0 saturated carbocycles. The zero-order chi connectivity index (χ0) is 21.0. The molecule has 0 saturated heterocycles. The minimum absolute atomic E-state index is 0.121. The van der Waals surface area contributed by atoms with Gasteiger partial charge in [-0.3, -0.25) is 9.97 Å². The molecular weight excluding hydrogens is 418 g/mol. The van der Waals surface area contributed by atoms with Gasteiger partial charge in [0.25, 0.3) is 0 Å². The quantitative estimate of drug-likeness (QED) is 0.465. The molecule has 4 rings (SSSR count). The van der Waals surface area contributed by atoms with Gasteiger partial charge in [-0.1, -0.05) is 41.9 Å². The molecule has 0 atom stereocenters. The number of hydrogen-bond acceptors (Lipinski definition) is 4. The van der Waals surface area contributed by atoms with Gasteiger partial charge < -0.3 is 0 Å². The second kappa shape index (κ2) is 8.75. The zero-order valence-corrected chi connectivity index (χ0v) is 17.4. The van der Waals surface area contributed by atoms with E-state index in [1.165, 1.54) is 0 Å². The van der Waals surface area contributed by atoms with Crippen molar-refractivity contribution in [3.05, 3.63) is 102 Å². The molecule has 0 amide bonds. The monoisotopic (exact) mass is 435 g/mol. The molecular formula is C23H18ClN3O2S. The summed E-state index contributed by atoms with van der Waals surface area (Å²) in [6.45, 7) is 0.121. The molecule has 7 heteroatoms. The van der Waals surface area contributed by atoms with E-state index in [0.29, 0.717) is 10.7 Å². The number of nitrogens with one attached hydrogen (secondary N) is 1. The Morgan fingerprint density at radius 3 is 2.33 bits per heavy atom. The zero-order valence-electron chi connectivity index (χ0n) is 15.9. The molecule has 0 unspecified atom stereocenters. The third-order valence-electron chi connectivity index (χ3n) is 4.60. The second-order valence-corrected chi connectivity index (χ2v) is 8.82. The Balaban J connectivity index is 1.53. The summed E-state index contributed by atoms with van der Waals surface area (Å²) in [7, 11) is -3.68. The molecule has 2 heterocycles. The van der Waals surface area contributed by atoms with Gasteiger partial charge >= 0.3 is 0 Å². The van der Waals surface area contributed by atoms with Crippen LogP contribution in [-0.4, -0.2) is 18.4 Å². The van der Waals surface area contributed by atoms with E-state index >= 15 is 0 Å². The van der Waals surface area contributed by atoms with E-state index in [9.17, 15) is 8.42 Å². The molecule has 0 bridgehead atoms. The van der Waals surface area contributed by atoms with Crippen molar-refractivity contribution in [1.82, 2.24) is 14.7 Å². The molecule has 4 aromatic rings. The van der Waals surface area contributed by atoms with E-state index in [0.717, 1.165) is 22.3 Å². The first kappa shape index (κ1) is 20.2. The highest BCUT2D eigenvalue weighted by Gasteiger charge is 2.15. The predicted molar refractivity (Wildman–Crippen MR) is 118 cm³/mol. The van der Waals surface area contributed by atoms with Crippen LogP contribution in [0.3, 0.4) is 0 Å². The summed E-state index contributed by atoms with van der Waals surface area (Å²) >= 11 is 6.04. The van der Waals surface area contributed by atoms with Crippen LogP contribution in [-0.2, 0) is 16.6 Å². The second-order valence-electron chi connectivity index (χ2n) is 6.61. The Kier molecular flexibility index (Phi) is 5.90. The maximum Gasteiger partial charge on any atom is 0.240 e. The summed E-state index contributed by atoms with van der Waals surface area (Å²) < 4.78 is 28.2. The normalized spacial score (nSPS) is 11.4. The lowest BCUT2D eigenvalue weighted by Crippen LogP contribution is -2.23. The molecule has 2 aromatic carbocycles. The number of halogens is 1.